The summed E-state index contributed by atoms with van der Waals surface area (Å²) in [5.41, 5.74) is 1.24. The lowest BCUT2D eigenvalue weighted by molar-refractivity contribution is -0.384. The number of nitrogens with one attached hydrogen (secondary N) is 1. The van der Waals surface area contributed by atoms with Gasteiger partial charge in [0.25, 0.3) is 11.6 Å². The minimum atomic E-state index is -0.898. The maximum absolute atomic E-state index is 12.8. The number of hydrogen-bond donors (Lipinski definition) is 1. The van der Waals surface area contributed by atoms with Crippen LogP contribution in [0.1, 0.15) is 12.0 Å². The number of benzene rings is 3. The molecule has 0 spiro atoms. The highest BCUT2D eigenvalue weighted by Gasteiger charge is 2.30. The quantitative estimate of drug-likeness (QED) is 0.378. The highest BCUT2D eigenvalue weighted by atomic mass is 35.5. The van der Waals surface area contributed by atoms with E-state index in [1.807, 2.05) is 18.2 Å². The number of anilines is 1. The van der Waals surface area contributed by atoms with Crippen LogP contribution in [0.2, 0.25) is 5.02 Å². The summed E-state index contributed by atoms with van der Waals surface area (Å²) in [6.45, 7) is 0. The predicted molar refractivity (Wildman–Crippen MR) is 122 cm³/mol. The third kappa shape index (κ3) is 5.21. The first-order valence-electron chi connectivity index (χ1n) is 9.83. The molecule has 168 valence electrons. The molecule has 0 aliphatic carbocycles. The molecule has 1 aliphatic heterocycles. The Labute approximate surface area is 193 Å². The maximum atomic E-state index is 12.8. The third-order valence-electron chi connectivity index (χ3n) is 4.80. The monoisotopic (exact) mass is 467 g/mol. The molecule has 33 heavy (non-hydrogen) atoms. The Kier molecular flexibility index (Phi) is 6.41. The summed E-state index contributed by atoms with van der Waals surface area (Å²) in [4.78, 5) is 28.9. The van der Waals surface area contributed by atoms with Gasteiger partial charge in [0.1, 0.15) is 17.2 Å². The second kappa shape index (κ2) is 9.58. The van der Waals surface area contributed by atoms with Crippen LogP contribution in [0.15, 0.2) is 71.9 Å². The summed E-state index contributed by atoms with van der Waals surface area (Å²) in [7, 11) is 1.55. The Morgan fingerprint density at radius 3 is 2.64 bits per heavy atom. The average Bonchev–Trinajstić information content (AvgIpc) is 3.31. The van der Waals surface area contributed by atoms with Crippen LogP contribution < -0.4 is 14.8 Å². The number of nitro groups is 1. The number of non-ortho nitro benzene ring substituents is 1. The highest BCUT2D eigenvalue weighted by molar-refractivity contribution is 6.30. The van der Waals surface area contributed by atoms with Crippen molar-refractivity contribution in [3.8, 4) is 17.2 Å². The molecular formula is C23H18ClN3O6. The molecule has 1 aliphatic rings. The van der Waals surface area contributed by atoms with Crippen LogP contribution in [0.4, 0.5) is 11.4 Å². The van der Waals surface area contributed by atoms with E-state index in [0.29, 0.717) is 22.2 Å². The number of halogens is 1. The van der Waals surface area contributed by atoms with Crippen molar-refractivity contribution in [2.24, 2.45) is 5.16 Å². The molecule has 0 bridgehead atoms. The third-order valence-corrected chi connectivity index (χ3v) is 5.05. The molecule has 1 unspecified atom stereocenters. The van der Waals surface area contributed by atoms with E-state index >= 15 is 0 Å². The van der Waals surface area contributed by atoms with Crippen molar-refractivity contribution in [2.75, 3.05) is 12.4 Å². The summed E-state index contributed by atoms with van der Waals surface area (Å²) in [6, 6.07) is 17.8. The summed E-state index contributed by atoms with van der Waals surface area (Å²) in [6.07, 6.45) is -0.681. The molecule has 0 saturated carbocycles. The van der Waals surface area contributed by atoms with Gasteiger partial charge in [-0.25, -0.2) is 0 Å². The first-order chi connectivity index (χ1) is 15.9. The number of oxime groups is 1. The van der Waals surface area contributed by atoms with Crippen molar-refractivity contribution in [3.63, 3.8) is 0 Å². The Bertz CT molecular complexity index is 1230. The zero-order chi connectivity index (χ0) is 23.4. The number of ether oxygens (including phenoxy) is 2. The SMILES string of the molecule is COc1ccccc1C1=NOC(C(=O)Nc2cc(Oc3ccc(Cl)cc3)cc([N+](=O)[O-])c2)C1. The van der Waals surface area contributed by atoms with Gasteiger partial charge < -0.3 is 19.6 Å². The van der Waals surface area contributed by atoms with E-state index in [1.54, 1.807) is 37.4 Å². The van der Waals surface area contributed by atoms with Crippen molar-refractivity contribution in [1.29, 1.82) is 0 Å². The molecule has 1 atom stereocenters. The summed E-state index contributed by atoms with van der Waals surface area (Å²) < 4.78 is 11.0. The van der Waals surface area contributed by atoms with Crippen molar-refractivity contribution >= 4 is 34.6 Å². The van der Waals surface area contributed by atoms with Crippen molar-refractivity contribution < 1.29 is 24.0 Å². The second-order valence-corrected chi connectivity index (χ2v) is 7.49. The van der Waals surface area contributed by atoms with E-state index in [2.05, 4.69) is 10.5 Å². The molecule has 9 nitrogen and oxygen atoms in total. The summed E-state index contributed by atoms with van der Waals surface area (Å²) in [5.74, 6) is 0.733. The van der Waals surface area contributed by atoms with Gasteiger partial charge >= 0.3 is 0 Å². The topological polar surface area (TPSA) is 112 Å². The van der Waals surface area contributed by atoms with Crippen LogP contribution in [-0.2, 0) is 9.63 Å². The number of methoxy groups -OCH3 is 1. The van der Waals surface area contributed by atoms with Gasteiger partial charge in [-0.05, 0) is 36.4 Å². The van der Waals surface area contributed by atoms with Gasteiger partial charge in [-0.3, -0.25) is 14.9 Å². The van der Waals surface area contributed by atoms with E-state index in [1.165, 1.54) is 18.2 Å². The fourth-order valence-corrected chi connectivity index (χ4v) is 3.37. The molecular weight excluding hydrogens is 450 g/mol. The van der Waals surface area contributed by atoms with Gasteiger partial charge in [0.15, 0.2) is 0 Å². The minimum absolute atomic E-state index is 0.181. The van der Waals surface area contributed by atoms with E-state index < -0.39 is 16.9 Å². The van der Waals surface area contributed by atoms with Crippen molar-refractivity contribution in [1.82, 2.24) is 0 Å². The van der Waals surface area contributed by atoms with Gasteiger partial charge in [0.05, 0.1) is 29.5 Å². The molecule has 3 aromatic rings. The number of carbonyl (C=O) groups excluding carboxylic acids is 1. The van der Waals surface area contributed by atoms with Gasteiger partial charge in [-0.15, -0.1) is 0 Å². The van der Waals surface area contributed by atoms with Crippen LogP contribution in [0.25, 0.3) is 0 Å². The highest BCUT2D eigenvalue weighted by Crippen LogP contribution is 2.31. The number of rotatable bonds is 7. The molecule has 4 rings (SSSR count). The molecule has 1 N–H and O–H groups in total. The van der Waals surface area contributed by atoms with Crippen molar-refractivity contribution in [2.45, 2.75) is 12.5 Å². The lowest BCUT2D eigenvalue weighted by atomic mass is 10.0. The zero-order valence-corrected chi connectivity index (χ0v) is 18.1. The molecule has 0 saturated heterocycles. The molecule has 3 aromatic carbocycles. The normalized spacial score (nSPS) is 14.7. The van der Waals surface area contributed by atoms with Crippen LogP contribution >= 0.6 is 11.6 Å². The number of para-hydroxylation sites is 1. The van der Waals surface area contributed by atoms with E-state index in [-0.39, 0.29) is 23.5 Å². The van der Waals surface area contributed by atoms with E-state index in [9.17, 15) is 14.9 Å². The van der Waals surface area contributed by atoms with Gasteiger partial charge in [0.2, 0.25) is 6.10 Å². The van der Waals surface area contributed by atoms with Crippen LogP contribution in [-0.4, -0.2) is 29.8 Å². The average molecular weight is 468 g/mol. The first kappa shape index (κ1) is 22.1. The minimum Gasteiger partial charge on any atom is -0.496 e. The lowest BCUT2D eigenvalue weighted by Crippen LogP contribution is -2.28. The smallest absolute Gasteiger partial charge is 0.275 e. The van der Waals surface area contributed by atoms with Crippen molar-refractivity contribution in [3.05, 3.63) is 87.4 Å². The number of amides is 1. The standard InChI is InChI=1S/C23H18ClN3O6/c1-31-21-5-3-2-4-19(21)20-13-22(33-26-20)23(28)25-15-10-16(27(29)30)12-18(11-15)32-17-8-6-14(24)7-9-17/h2-12,22H,13H2,1H3,(H,25,28). The largest absolute Gasteiger partial charge is 0.496 e. The number of carbonyl (C=O) groups is 1. The van der Waals surface area contributed by atoms with Gasteiger partial charge in [-0.2, -0.15) is 0 Å². The molecule has 0 fully saturated rings. The molecule has 10 heteroatoms. The Balaban J connectivity index is 1.49. The van der Waals surface area contributed by atoms with E-state index in [4.69, 9.17) is 25.9 Å². The van der Waals surface area contributed by atoms with Gasteiger partial charge in [-0.1, -0.05) is 28.9 Å². The Morgan fingerprint density at radius 1 is 1.15 bits per heavy atom. The number of hydrogen-bond acceptors (Lipinski definition) is 7. The molecule has 1 heterocycles. The predicted octanol–water partition coefficient (Wildman–Crippen LogP) is 5.18. The van der Waals surface area contributed by atoms with Crippen LogP contribution in [0, 0.1) is 10.1 Å². The van der Waals surface area contributed by atoms with Crippen LogP contribution in [0.3, 0.4) is 0 Å². The number of nitro benzene ring substituents is 1. The molecule has 0 aromatic heterocycles. The first-order valence-corrected chi connectivity index (χ1v) is 10.2. The second-order valence-electron chi connectivity index (χ2n) is 7.05. The zero-order valence-electron chi connectivity index (χ0n) is 17.4. The Hall–Kier alpha value is -4.11. The fraction of sp³-hybridized carbons (Fsp3) is 0.130. The van der Waals surface area contributed by atoms with Crippen LogP contribution in [0.5, 0.6) is 17.2 Å². The lowest BCUT2D eigenvalue weighted by Gasteiger charge is -2.12. The summed E-state index contributed by atoms with van der Waals surface area (Å²) in [5, 5.41) is 18.6. The van der Waals surface area contributed by atoms with E-state index in [0.717, 1.165) is 5.56 Å². The molecule has 0 radical (unpaired) electrons. The maximum Gasteiger partial charge on any atom is 0.275 e. The summed E-state index contributed by atoms with van der Waals surface area (Å²) >= 11 is 5.87. The fourth-order valence-electron chi connectivity index (χ4n) is 3.24. The molecule has 1 amide bonds. The number of nitrogens with zero attached hydrogens (tertiary/aromatic N) is 2. The van der Waals surface area contributed by atoms with Gasteiger partial charge in [0, 0.05) is 29.1 Å². The Morgan fingerprint density at radius 2 is 1.91 bits per heavy atom.